The zero-order valence-corrected chi connectivity index (χ0v) is 25.3. The molecule has 0 aliphatic heterocycles. The first-order valence-electron chi connectivity index (χ1n) is 13.3. The summed E-state index contributed by atoms with van der Waals surface area (Å²) < 4.78 is 0. The molecule has 0 aromatic carbocycles. The summed E-state index contributed by atoms with van der Waals surface area (Å²) in [6.07, 6.45) is 2.27. The van der Waals surface area contributed by atoms with Gasteiger partial charge in [-0.15, -0.1) is 0 Å². The van der Waals surface area contributed by atoms with E-state index >= 15 is 0 Å². The summed E-state index contributed by atoms with van der Waals surface area (Å²) in [5.41, 5.74) is 4.70. The van der Waals surface area contributed by atoms with E-state index in [1.807, 2.05) is 0 Å². The van der Waals surface area contributed by atoms with Crippen LogP contribution in [0.5, 0.6) is 0 Å². The summed E-state index contributed by atoms with van der Waals surface area (Å²) in [7, 11) is 0. The Kier molecular flexibility index (Phi) is 24.1. The number of allylic oxidation sites excluding steroid dienone is 4. The van der Waals surface area contributed by atoms with E-state index in [9.17, 15) is 0 Å². The fraction of sp³-hybridized carbons (Fsp3) is 0.875. The van der Waals surface area contributed by atoms with Gasteiger partial charge in [0, 0.05) is 0 Å². The minimum Gasteiger partial charge on any atom is -0.0879 e. The van der Waals surface area contributed by atoms with Crippen LogP contribution in [0.3, 0.4) is 0 Å². The van der Waals surface area contributed by atoms with E-state index in [2.05, 4.69) is 131 Å². The third kappa shape index (κ3) is 17.0. The van der Waals surface area contributed by atoms with Crippen molar-refractivity contribution in [1.29, 1.82) is 0 Å². The number of hydrogen-bond acceptors (Lipinski definition) is 0. The zero-order chi connectivity index (χ0) is 25.6. The van der Waals surface area contributed by atoms with Gasteiger partial charge in [-0.05, 0) is 74.0 Å². The number of rotatable bonds is 8. The standard InChI is InChI=1S/C11H22.C10H22.C10H20.CH4/c1-7-11(9(4)5)10(6)8(2)3;2*1-7(2)9(5)10(6)8(3)4;/h7-10H,1-6H3;7-10H,1-6H3;7-8H,1-6H3;1H4/b11-7-;;10-9-;. The topological polar surface area (TPSA) is 0 Å². The van der Waals surface area contributed by atoms with Crippen molar-refractivity contribution in [3.05, 3.63) is 22.8 Å². The van der Waals surface area contributed by atoms with Gasteiger partial charge in [0.25, 0.3) is 0 Å². The highest BCUT2D eigenvalue weighted by molar-refractivity contribution is 5.13. The van der Waals surface area contributed by atoms with Crippen LogP contribution in [0, 0.1) is 53.3 Å². The van der Waals surface area contributed by atoms with Gasteiger partial charge in [-0.3, -0.25) is 0 Å². The van der Waals surface area contributed by atoms with E-state index in [0.29, 0.717) is 17.8 Å². The van der Waals surface area contributed by atoms with E-state index in [0.717, 1.165) is 35.5 Å². The van der Waals surface area contributed by atoms with Crippen LogP contribution in [0.4, 0.5) is 0 Å². The molecular weight excluding hydrogens is 384 g/mol. The Morgan fingerprint density at radius 1 is 0.469 bits per heavy atom. The highest BCUT2D eigenvalue weighted by Crippen LogP contribution is 2.26. The minimum absolute atomic E-state index is 0. The molecule has 196 valence electrons. The predicted molar refractivity (Wildman–Crippen MR) is 155 cm³/mol. The van der Waals surface area contributed by atoms with E-state index in [-0.39, 0.29) is 7.43 Å². The first-order chi connectivity index (χ1) is 13.9. The van der Waals surface area contributed by atoms with Crippen LogP contribution in [0.2, 0.25) is 0 Å². The molecule has 0 N–H and O–H groups in total. The fourth-order valence-corrected chi connectivity index (χ4v) is 3.63. The van der Waals surface area contributed by atoms with E-state index in [1.54, 1.807) is 16.7 Å². The van der Waals surface area contributed by atoms with Crippen LogP contribution >= 0.6 is 0 Å². The molecule has 3 atom stereocenters. The molecule has 0 aromatic rings. The first-order valence-corrected chi connectivity index (χ1v) is 13.3. The summed E-state index contributed by atoms with van der Waals surface area (Å²) in [6, 6.07) is 0. The molecule has 0 aliphatic carbocycles. The molecule has 0 bridgehead atoms. The number of hydrogen-bond donors (Lipinski definition) is 0. The molecule has 0 heterocycles. The smallest absolute Gasteiger partial charge is 0.0206 e. The Bertz CT molecular complexity index is 454. The van der Waals surface area contributed by atoms with Gasteiger partial charge in [-0.2, -0.15) is 0 Å². The van der Waals surface area contributed by atoms with Crippen LogP contribution in [-0.2, 0) is 0 Å². The van der Waals surface area contributed by atoms with Gasteiger partial charge in [0.2, 0.25) is 0 Å². The fourth-order valence-electron chi connectivity index (χ4n) is 3.63. The molecule has 0 saturated heterocycles. The third-order valence-corrected chi connectivity index (χ3v) is 7.81. The zero-order valence-electron chi connectivity index (χ0n) is 25.3. The molecule has 0 amide bonds. The molecule has 0 radical (unpaired) electrons. The molecule has 0 aromatic heterocycles. The molecule has 0 spiro atoms. The van der Waals surface area contributed by atoms with Gasteiger partial charge in [0.1, 0.15) is 0 Å². The van der Waals surface area contributed by atoms with Gasteiger partial charge >= 0.3 is 0 Å². The Hall–Kier alpha value is -0.520. The molecule has 0 fully saturated rings. The highest BCUT2D eigenvalue weighted by atomic mass is 14.2. The second-order valence-electron chi connectivity index (χ2n) is 11.9. The van der Waals surface area contributed by atoms with Gasteiger partial charge < -0.3 is 0 Å². The molecule has 0 rings (SSSR count). The quantitative estimate of drug-likeness (QED) is 0.321. The van der Waals surface area contributed by atoms with Crippen LogP contribution in [-0.4, -0.2) is 0 Å². The SMILES string of the molecule is C.C/C(=C(\C)C(C)C)C(C)C.C/C=C(/C(C)C)C(C)C(C)C.CC(C)C(C)C(C)C(C)C. The van der Waals surface area contributed by atoms with Crippen LogP contribution in [0.15, 0.2) is 22.8 Å². The van der Waals surface area contributed by atoms with E-state index in [4.69, 9.17) is 0 Å². The summed E-state index contributed by atoms with van der Waals surface area (Å²) in [5, 5.41) is 0. The summed E-state index contributed by atoms with van der Waals surface area (Å²) in [4.78, 5) is 0. The van der Waals surface area contributed by atoms with Crippen LogP contribution in [0.1, 0.15) is 132 Å². The molecule has 0 heteroatoms. The van der Waals surface area contributed by atoms with Crippen molar-refractivity contribution >= 4 is 0 Å². The van der Waals surface area contributed by atoms with Crippen molar-refractivity contribution in [3.63, 3.8) is 0 Å². The molecular formula is C32H68. The normalized spacial score (nSPS) is 15.7. The van der Waals surface area contributed by atoms with Gasteiger partial charge in [-0.1, -0.05) is 134 Å². The Morgan fingerprint density at radius 3 is 0.844 bits per heavy atom. The predicted octanol–water partition coefficient (Wildman–Crippen LogP) is 11.7. The summed E-state index contributed by atoms with van der Waals surface area (Å²) in [6.45, 7) is 41.0. The Morgan fingerprint density at radius 2 is 0.750 bits per heavy atom. The van der Waals surface area contributed by atoms with Crippen molar-refractivity contribution < 1.29 is 0 Å². The Labute approximate surface area is 208 Å². The van der Waals surface area contributed by atoms with Crippen molar-refractivity contribution in [2.24, 2.45) is 53.3 Å². The lowest BCUT2D eigenvalue weighted by molar-refractivity contribution is 0.235. The lowest BCUT2D eigenvalue weighted by Gasteiger charge is -2.26. The van der Waals surface area contributed by atoms with Crippen molar-refractivity contribution in [1.82, 2.24) is 0 Å². The first kappa shape index (κ1) is 38.7. The van der Waals surface area contributed by atoms with Crippen LogP contribution in [0.25, 0.3) is 0 Å². The lowest BCUT2D eigenvalue weighted by Crippen LogP contribution is -2.18. The summed E-state index contributed by atoms with van der Waals surface area (Å²) in [5.74, 6) is 7.01. The third-order valence-electron chi connectivity index (χ3n) is 7.81. The maximum absolute atomic E-state index is 2.36. The maximum atomic E-state index is 2.36. The molecule has 3 unspecified atom stereocenters. The van der Waals surface area contributed by atoms with Crippen molar-refractivity contribution in [2.75, 3.05) is 0 Å². The van der Waals surface area contributed by atoms with E-state index < -0.39 is 0 Å². The average molecular weight is 453 g/mol. The maximum Gasteiger partial charge on any atom is -0.0206 e. The molecule has 0 saturated carbocycles. The second kappa shape index (κ2) is 19.9. The molecule has 0 aliphatic rings. The largest absolute Gasteiger partial charge is 0.0879 e. The monoisotopic (exact) mass is 453 g/mol. The van der Waals surface area contributed by atoms with Gasteiger partial charge in [0.05, 0.1) is 0 Å². The van der Waals surface area contributed by atoms with Crippen LogP contribution < -0.4 is 0 Å². The van der Waals surface area contributed by atoms with Gasteiger partial charge in [0.15, 0.2) is 0 Å². The molecule has 32 heavy (non-hydrogen) atoms. The molecule has 0 nitrogen and oxygen atoms in total. The Balaban J connectivity index is -0.000000181. The van der Waals surface area contributed by atoms with Crippen molar-refractivity contribution in [3.8, 4) is 0 Å². The van der Waals surface area contributed by atoms with Crippen molar-refractivity contribution in [2.45, 2.75) is 132 Å². The summed E-state index contributed by atoms with van der Waals surface area (Å²) >= 11 is 0. The minimum atomic E-state index is 0. The highest BCUT2D eigenvalue weighted by Gasteiger charge is 2.18. The average Bonchev–Trinajstić information content (AvgIpc) is 2.66. The lowest BCUT2D eigenvalue weighted by atomic mass is 9.80. The van der Waals surface area contributed by atoms with Gasteiger partial charge in [-0.25, -0.2) is 0 Å². The second-order valence-corrected chi connectivity index (χ2v) is 11.9. The van der Waals surface area contributed by atoms with E-state index in [1.165, 1.54) is 0 Å².